The zero-order chi connectivity index (χ0) is 17.7. The van der Waals surface area contributed by atoms with E-state index in [0.717, 1.165) is 43.3 Å². The van der Waals surface area contributed by atoms with Crippen LogP contribution in [0.3, 0.4) is 0 Å². The number of carbonyl (C=O) groups is 3. The molecule has 1 aliphatic heterocycles. The summed E-state index contributed by atoms with van der Waals surface area (Å²) in [7, 11) is 0. The summed E-state index contributed by atoms with van der Waals surface area (Å²) in [6, 6.07) is -1.04. The van der Waals surface area contributed by atoms with Crippen molar-refractivity contribution in [3.05, 3.63) is 0 Å². The van der Waals surface area contributed by atoms with Gasteiger partial charge in [-0.05, 0) is 38.5 Å². The number of hydrogen-bond donors (Lipinski definition) is 2. The van der Waals surface area contributed by atoms with Crippen LogP contribution in [0, 0.1) is 5.92 Å². The third-order valence-electron chi connectivity index (χ3n) is 4.84. The Balaban J connectivity index is 2.35. The molecule has 8 heteroatoms. The topological polar surface area (TPSA) is 120 Å². The van der Waals surface area contributed by atoms with Crippen LogP contribution >= 0.6 is 0 Å². The maximum absolute atomic E-state index is 13.1. The molecule has 0 radical (unpaired) electrons. The van der Waals surface area contributed by atoms with Gasteiger partial charge in [0.15, 0.2) is 6.04 Å². The number of amides is 1. The van der Waals surface area contributed by atoms with E-state index in [1.54, 1.807) is 6.92 Å². The molecule has 1 heterocycles. The SMILES string of the molecule is C[C@](N=CC(=O)O)(C(=O)N1N=CCC[C@H]1C(=O)O)C1CCCCC1. The lowest BCUT2D eigenvalue weighted by molar-refractivity contribution is -0.154. The van der Waals surface area contributed by atoms with Gasteiger partial charge < -0.3 is 10.2 Å². The number of carboxylic acid groups (broad SMARTS) is 2. The molecule has 2 atom stereocenters. The first-order valence-corrected chi connectivity index (χ1v) is 8.23. The minimum Gasteiger partial charge on any atom is -0.480 e. The van der Waals surface area contributed by atoms with Crippen molar-refractivity contribution in [2.24, 2.45) is 16.0 Å². The van der Waals surface area contributed by atoms with Crippen molar-refractivity contribution >= 4 is 30.3 Å². The maximum atomic E-state index is 13.1. The highest BCUT2D eigenvalue weighted by Crippen LogP contribution is 2.37. The molecule has 1 saturated carbocycles. The van der Waals surface area contributed by atoms with Crippen molar-refractivity contribution in [3.63, 3.8) is 0 Å². The maximum Gasteiger partial charge on any atom is 0.346 e. The third kappa shape index (κ3) is 3.80. The summed E-state index contributed by atoms with van der Waals surface area (Å²) in [4.78, 5) is 39.5. The summed E-state index contributed by atoms with van der Waals surface area (Å²) in [5.41, 5.74) is -1.32. The van der Waals surface area contributed by atoms with Gasteiger partial charge in [-0.15, -0.1) is 0 Å². The second kappa shape index (κ2) is 7.55. The Hall–Kier alpha value is -2.25. The lowest BCUT2D eigenvalue weighted by Crippen LogP contribution is -2.55. The lowest BCUT2D eigenvalue weighted by Gasteiger charge is -2.39. The number of rotatable bonds is 5. The highest BCUT2D eigenvalue weighted by Gasteiger charge is 2.47. The molecule has 1 aliphatic carbocycles. The monoisotopic (exact) mass is 337 g/mol. The molecule has 24 heavy (non-hydrogen) atoms. The minimum atomic E-state index is -1.32. The predicted octanol–water partition coefficient (Wildman–Crippen LogP) is 1.54. The predicted molar refractivity (Wildman–Crippen MR) is 87.1 cm³/mol. The van der Waals surface area contributed by atoms with Gasteiger partial charge >= 0.3 is 11.9 Å². The summed E-state index contributed by atoms with van der Waals surface area (Å²) >= 11 is 0. The lowest BCUT2D eigenvalue weighted by atomic mass is 9.75. The average Bonchev–Trinajstić information content (AvgIpc) is 2.59. The third-order valence-corrected chi connectivity index (χ3v) is 4.84. The molecule has 2 rings (SSSR count). The molecule has 0 unspecified atom stereocenters. The van der Waals surface area contributed by atoms with E-state index in [9.17, 15) is 19.5 Å². The van der Waals surface area contributed by atoms with Crippen LogP contribution in [0.5, 0.6) is 0 Å². The minimum absolute atomic E-state index is 0.124. The Labute approximate surface area is 140 Å². The van der Waals surface area contributed by atoms with E-state index in [4.69, 9.17) is 5.11 Å². The Bertz CT molecular complexity index is 568. The van der Waals surface area contributed by atoms with Crippen molar-refractivity contribution in [1.29, 1.82) is 0 Å². The van der Waals surface area contributed by atoms with Crippen LogP contribution in [-0.4, -0.2) is 57.1 Å². The van der Waals surface area contributed by atoms with E-state index in [0.29, 0.717) is 6.42 Å². The van der Waals surface area contributed by atoms with Crippen LogP contribution in [0.1, 0.15) is 51.9 Å². The normalized spacial score (nSPS) is 24.7. The molecule has 1 fully saturated rings. The van der Waals surface area contributed by atoms with Crippen molar-refractivity contribution in [1.82, 2.24) is 5.01 Å². The second-order valence-corrected chi connectivity index (χ2v) is 6.46. The number of nitrogens with zero attached hydrogens (tertiary/aromatic N) is 3. The molecule has 2 N–H and O–H groups in total. The Morgan fingerprint density at radius 3 is 2.46 bits per heavy atom. The molecule has 0 saturated heterocycles. The largest absolute Gasteiger partial charge is 0.480 e. The van der Waals surface area contributed by atoms with Gasteiger partial charge in [-0.1, -0.05) is 19.3 Å². The molecule has 132 valence electrons. The highest BCUT2D eigenvalue weighted by molar-refractivity contribution is 6.22. The smallest absolute Gasteiger partial charge is 0.346 e. The van der Waals surface area contributed by atoms with E-state index in [-0.39, 0.29) is 12.3 Å². The van der Waals surface area contributed by atoms with Crippen molar-refractivity contribution in [2.75, 3.05) is 0 Å². The van der Waals surface area contributed by atoms with Crippen LogP contribution in [-0.2, 0) is 14.4 Å². The Morgan fingerprint density at radius 2 is 1.88 bits per heavy atom. The van der Waals surface area contributed by atoms with Gasteiger partial charge in [-0.3, -0.25) is 9.79 Å². The number of carboxylic acids is 2. The fourth-order valence-corrected chi connectivity index (χ4v) is 3.42. The molecule has 8 nitrogen and oxygen atoms in total. The van der Waals surface area contributed by atoms with Crippen LogP contribution < -0.4 is 0 Å². The van der Waals surface area contributed by atoms with Crippen LogP contribution in [0.4, 0.5) is 0 Å². The highest BCUT2D eigenvalue weighted by atomic mass is 16.4. The van der Waals surface area contributed by atoms with Gasteiger partial charge in [0.1, 0.15) is 11.8 Å². The molecular formula is C16H23N3O5. The Kier molecular flexibility index (Phi) is 5.69. The summed E-state index contributed by atoms with van der Waals surface area (Å²) < 4.78 is 0. The zero-order valence-corrected chi connectivity index (χ0v) is 13.7. The van der Waals surface area contributed by atoms with E-state index in [2.05, 4.69) is 10.1 Å². The van der Waals surface area contributed by atoms with E-state index >= 15 is 0 Å². The van der Waals surface area contributed by atoms with Crippen LogP contribution in [0.25, 0.3) is 0 Å². The number of carbonyl (C=O) groups excluding carboxylic acids is 1. The quantitative estimate of drug-likeness (QED) is 0.737. The first kappa shape index (κ1) is 18.1. The molecular weight excluding hydrogens is 314 g/mol. The zero-order valence-electron chi connectivity index (χ0n) is 13.7. The summed E-state index contributed by atoms with van der Waals surface area (Å²) in [5.74, 6) is -3.02. The first-order valence-electron chi connectivity index (χ1n) is 8.23. The van der Waals surface area contributed by atoms with Crippen LogP contribution in [0.2, 0.25) is 0 Å². The molecule has 0 aromatic carbocycles. The van der Waals surface area contributed by atoms with Gasteiger partial charge in [-0.25, -0.2) is 14.6 Å². The average molecular weight is 337 g/mol. The molecule has 2 aliphatic rings. The van der Waals surface area contributed by atoms with Gasteiger partial charge in [0.25, 0.3) is 5.91 Å². The fraction of sp³-hybridized carbons (Fsp3) is 0.688. The summed E-state index contributed by atoms with van der Waals surface area (Å²) in [5, 5.41) is 23.2. The molecule has 1 amide bonds. The van der Waals surface area contributed by atoms with Crippen LogP contribution in [0.15, 0.2) is 10.1 Å². The number of hydrazone groups is 1. The van der Waals surface area contributed by atoms with Gasteiger partial charge in [0.2, 0.25) is 0 Å². The van der Waals surface area contributed by atoms with Crippen molar-refractivity contribution in [3.8, 4) is 0 Å². The van der Waals surface area contributed by atoms with Crippen molar-refractivity contribution < 1.29 is 24.6 Å². The second-order valence-electron chi connectivity index (χ2n) is 6.46. The Morgan fingerprint density at radius 1 is 1.21 bits per heavy atom. The number of aliphatic imine (C=N–C) groups is 1. The fourth-order valence-electron chi connectivity index (χ4n) is 3.42. The summed E-state index contributed by atoms with van der Waals surface area (Å²) in [6.45, 7) is 1.59. The van der Waals surface area contributed by atoms with Gasteiger partial charge in [-0.2, -0.15) is 5.10 Å². The molecule has 0 spiro atoms. The van der Waals surface area contributed by atoms with E-state index in [1.165, 1.54) is 6.21 Å². The van der Waals surface area contributed by atoms with Crippen molar-refractivity contribution in [2.45, 2.75) is 63.5 Å². The number of aliphatic carboxylic acids is 2. The van der Waals surface area contributed by atoms with E-state index < -0.39 is 29.4 Å². The molecule has 0 bridgehead atoms. The van der Waals surface area contributed by atoms with Gasteiger partial charge in [0.05, 0.1) is 0 Å². The summed E-state index contributed by atoms with van der Waals surface area (Å²) in [6.07, 6.45) is 7.50. The first-order chi connectivity index (χ1) is 11.4. The molecule has 0 aromatic heterocycles. The standard InChI is InChI=1S/C16H23N3O5/c1-16(17-10-13(20)21,11-6-3-2-4-7-11)15(24)19-12(14(22)23)8-5-9-18-19/h9-12H,2-8H2,1H3,(H,20,21)(H,22,23)/t12-,16+/m0/s1. The number of hydrogen-bond acceptors (Lipinski definition) is 5. The molecule has 0 aromatic rings. The van der Waals surface area contributed by atoms with E-state index in [1.807, 2.05) is 0 Å². The van der Waals surface area contributed by atoms with Gasteiger partial charge in [0, 0.05) is 6.21 Å².